The monoisotopic (exact) mass is 343 g/mol. The van der Waals surface area contributed by atoms with Crippen LogP contribution in [0.4, 0.5) is 0 Å². The number of amides is 2. The lowest BCUT2D eigenvalue weighted by atomic mass is 10.1. The molecule has 1 aromatic rings. The molecule has 2 atom stereocenters. The van der Waals surface area contributed by atoms with Crippen molar-refractivity contribution in [2.75, 3.05) is 13.1 Å². The summed E-state index contributed by atoms with van der Waals surface area (Å²) in [4.78, 5) is 26.9. The van der Waals surface area contributed by atoms with E-state index in [9.17, 15) is 9.59 Å². The molecule has 2 heterocycles. The van der Waals surface area contributed by atoms with Crippen LogP contribution in [0.25, 0.3) is 0 Å². The van der Waals surface area contributed by atoms with Gasteiger partial charge in [0, 0.05) is 18.7 Å². The average molecular weight is 343 g/mol. The number of nitrogens with one attached hydrogen (secondary N) is 3. The fraction of sp³-hybridized carbons (Fsp3) is 0.500. The van der Waals surface area contributed by atoms with Gasteiger partial charge in [0.1, 0.15) is 11.9 Å². The van der Waals surface area contributed by atoms with E-state index in [1.807, 2.05) is 12.1 Å². The lowest BCUT2D eigenvalue weighted by Gasteiger charge is -2.26. The highest BCUT2D eigenvalue weighted by Gasteiger charge is 2.37. The Morgan fingerprint density at radius 2 is 2.00 bits per heavy atom. The van der Waals surface area contributed by atoms with Crippen molar-refractivity contribution >= 4 is 17.6 Å². The van der Waals surface area contributed by atoms with Crippen LogP contribution in [0.15, 0.2) is 24.3 Å². The molecule has 7 heteroatoms. The Morgan fingerprint density at radius 3 is 2.64 bits per heavy atom. The van der Waals surface area contributed by atoms with E-state index < -0.39 is 0 Å². The van der Waals surface area contributed by atoms with Gasteiger partial charge in [0.2, 0.25) is 11.8 Å². The first-order valence-corrected chi connectivity index (χ1v) is 8.81. The van der Waals surface area contributed by atoms with Crippen LogP contribution >= 0.6 is 0 Å². The van der Waals surface area contributed by atoms with E-state index in [2.05, 4.69) is 10.6 Å². The van der Waals surface area contributed by atoms with Crippen molar-refractivity contribution in [3.63, 3.8) is 0 Å². The molecule has 5 N–H and O–H groups in total. The van der Waals surface area contributed by atoms with Gasteiger partial charge < -0.3 is 21.3 Å². The van der Waals surface area contributed by atoms with Crippen LogP contribution in [-0.2, 0) is 16.1 Å². The third kappa shape index (κ3) is 3.99. The van der Waals surface area contributed by atoms with Gasteiger partial charge in [0.05, 0.1) is 6.04 Å². The molecule has 0 spiro atoms. The SMILES string of the molecule is N=C(N)c1ccc(CNC(=O)[C@@H]2CCCN2C(=O)[C@H]2CCCN2)cc1. The Hall–Kier alpha value is -2.41. The van der Waals surface area contributed by atoms with Gasteiger partial charge in [-0.3, -0.25) is 15.0 Å². The van der Waals surface area contributed by atoms with E-state index in [1.54, 1.807) is 17.0 Å². The van der Waals surface area contributed by atoms with Crippen LogP contribution in [0.5, 0.6) is 0 Å². The number of benzene rings is 1. The molecule has 134 valence electrons. The summed E-state index contributed by atoms with van der Waals surface area (Å²) in [6, 6.07) is 6.72. The summed E-state index contributed by atoms with van der Waals surface area (Å²) >= 11 is 0. The molecular weight excluding hydrogens is 318 g/mol. The van der Waals surface area contributed by atoms with Crippen molar-refractivity contribution in [3.8, 4) is 0 Å². The third-order valence-electron chi connectivity index (χ3n) is 4.93. The lowest BCUT2D eigenvalue weighted by Crippen LogP contribution is -2.50. The van der Waals surface area contributed by atoms with Crippen LogP contribution < -0.4 is 16.4 Å². The number of hydrogen-bond donors (Lipinski definition) is 4. The molecule has 0 aliphatic carbocycles. The minimum Gasteiger partial charge on any atom is -0.384 e. The van der Waals surface area contributed by atoms with E-state index in [4.69, 9.17) is 11.1 Å². The smallest absolute Gasteiger partial charge is 0.243 e. The van der Waals surface area contributed by atoms with Crippen molar-refractivity contribution in [1.82, 2.24) is 15.5 Å². The summed E-state index contributed by atoms with van der Waals surface area (Å²) < 4.78 is 0. The average Bonchev–Trinajstić information content (AvgIpc) is 3.30. The van der Waals surface area contributed by atoms with E-state index in [0.717, 1.165) is 31.4 Å². The van der Waals surface area contributed by atoms with Gasteiger partial charge in [-0.1, -0.05) is 24.3 Å². The number of carbonyl (C=O) groups excluding carboxylic acids is 2. The second-order valence-electron chi connectivity index (χ2n) is 6.67. The third-order valence-corrected chi connectivity index (χ3v) is 4.93. The fourth-order valence-corrected chi connectivity index (χ4v) is 3.51. The largest absolute Gasteiger partial charge is 0.384 e. The van der Waals surface area contributed by atoms with Crippen LogP contribution in [0.1, 0.15) is 36.8 Å². The topological polar surface area (TPSA) is 111 Å². The van der Waals surface area contributed by atoms with Gasteiger partial charge in [-0.05, 0) is 37.8 Å². The Kier molecular flexibility index (Phi) is 5.33. The number of rotatable bonds is 5. The van der Waals surface area contributed by atoms with Crippen molar-refractivity contribution < 1.29 is 9.59 Å². The Labute approximate surface area is 147 Å². The molecule has 0 unspecified atom stereocenters. The molecule has 2 fully saturated rings. The molecule has 0 saturated carbocycles. The molecule has 1 aromatic carbocycles. The number of hydrogen-bond acceptors (Lipinski definition) is 4. The Balaban J connectivity index is 1.56. The van der Waals surface area contributed by atoms with Crippen molar-refractivity contribution in [3.05, 3.63) is 35.4 Å². The minimum absolute atomic E-state index is 0.0243. The summed E-state index contributed by atoms with van der Waals surface area (Å²) in [5.74, 6) is -0.0170. The number of amidine groups is 1. The Morgan fingerprint density at radius 1 is 1.24 bits per heavy atom. The molecule has 2 amide bonds. The van der Waals surface area contributed by atoms with E-state index in [1.165, 1.54) is 0 Å². The van der Waals surface area contributed by atoms with Gasteiger partial charge in [-0.15, -0.1) is 0 Å². The maximum atomic E-state index is 12.6. The first-order chi connectivity index (χ1) is 12.1. The molecule has 25 heavy (non-hydrogen) atoms. The number of nitrogen functional groups attached to an aromatic ring is 1. The zero-order valence-electron chi connectivity index (χ0n) is 14.3. The van der Waals surface area contributed by atoms with E-state index >= 15 is 0 Å². The van der Waals surface area contributed by atoms with Gasteiger partial charge in [-0.25, -0.2) is 0 Å². The highest BCUT2D eigenvalue weighted by atomic mass is 16.2. The van der Waals surface area contributed by atoms with Gasteiger partial charge in [0.25, 0.3) is 0 Å². The summed E-state index contributed by atoms with van der Waals surface area (Å²) in [5, 5.41) is 13.5. The molecule has 2 aliphatic heterocycles. The van der Waals surface area contributed by atoms with Crippen molar-refractivity contribution in [1.29, 1.82) is 5.41 Å². The Bertz CT molecular complexity index is 652. The molecule has 0 radical (unpaired) electrons. The first kappa shape index (κ1) is 17.4. The summed E-state index contributed by atoms with van der Waals surface area (Å²) in [7, 11) is 0. The minimum atomic E-state index is -0.369. The maximum absolute atomic E-state index is 12.6. The molecule has 7 nitrogen and oxygen atoms in total. The maximum Gasteiger partial charge on any atom is 0.243 e. The zero-order valence-corrected chi connectivity index (χ0v) is 14.3. The standard InChI is InChI=1S/C18H25N5O2/c19-16(20)13-7-5-12(6-8-13)11-22-17(24)15-4-2-10-23(15)18(25)14-3-1-9-21-14/h5-8,14-15,21H,1-4,9-11H2,(H3,19,20)(H,22,24)/t14-,15+/m1/s1. The molecule has 0 bridgehead atoms. The summed E-state index contributed by atoms with van der Waals surface area (Å²) in [5.41, 5.74) is 7.03. The number of nitrogens with two attached hydrogens (primary N) is 1. The molecule has 2 aliphatic rings. The van der Waals surface area contributed by atoms with Crippen LogP contribution in [0.3, 0.4) is 0 Å². The van der Waals surface area contributed by atoms with Crippen LogP contribution in [-0.4, -0.2) is 47.7 Å². The number of nitrogens with zero attached hydrogens (tertiary/aromatic N) is 1. The molecule has 0 aromatic heterocycles. The predicted octanol–water partition coefficient (Wildman–Crippen LogP) is 0.330. The highest BCUT2D eigenvalue weighted by molar-refractivity contribution is 5.95. The van der Waals surface area contributed by atoms with E-state index in [0.29, 0.717) is 25.1 Å². The second-order valence-corrected chi connectivity index (χ2v) is 6.67. The van der Waals surface area contributed by atoms with E-state index in [-0.39, 0.29) is 29.7 Å². The fourth-order valence-electron chi connectivity index (χ4n) is 3.51. The lowest BCUT2D eigenvalue weighted by molar-refractivity contribution is -0.139. The first-order valence-electron chi connectivity index (χ1n) is 8.81. The van der Waals surface area contributed by atoms with Gasteiger partial charge in [-0.2, -0.15) is 0 Å². The van der Waals surface area contributed by atoms with Crippen LogP contribution in [0.2, 0.25) is 0 Å². The number of likely N-dealkylation sites (tertiary alicyclic amines) is 1. The van der Waals surface area contributed by atoms with Crippen molar-refractivity contribution in [2.24, 2.45) is 5.73 Å². The molecule has 2 saturated heterocycles. The molecule has 3 rings (SSSR count). The zero-order chi connectivity index (χ0) is 17.8. The second kappa shape index (κ2) is 7.65. The summed E-state index contributed by atoms with van der Waals surface area (Å²) in [6.45, 7) is 1.93. The number of carbonyl (C=O) groups is 2. The normalized spacial score (nSPS) is 22.8. The van der Waals surface area contributed by atoms with Crippen molar-refractivity contribution in [2.45, 2.75) is 44.3 Å². The quantitative estimate of drug-likeness (QED) is 0.456. The molecular formula is C18H25N5O2. The summed E-state index contributed by atoms with van der Waals surface area (Å²) in [6.07, 6.45) is 3.45. The van der Waals surface area contributed by atoms with Gasteiger partial charge >= 0.3 is 0 Å². The highest BCUT2D eigenvalue weighted by Crippen LogP contribution is 2.21. The predicted molar refractivity (Wildman–Crippen MR) is 95.1 cm³/mol. The van der Waals surface area contributed by atoms with Gasteiger partial charge in [0.15, 0.2) is 0 Å². The van der Waals surface area contributed by atoms with Crippen LogP contribution in [0, 0.1) is 5.41 Å².